The minimum Gasteiger partial charge on any atom is -0.295 e. The Balaban J connectivity index is 1.92. The van der Waals surface area contributed by atoms with Gasteiger partial charge in [0.1, 0.15) is 0 Å². The predicted octanol–water partition coefficient (Wildman–Crippen LogP) is 3.89. The van der Waals surface area contributed by atoms with E-state index in [9.17, 15) is 4.79 Å². The molecule has 1 fully saturated rings. The lowest BCUT2D eigenvalue weighted by Crippen LogP contribution is -2.30. The summed E-state index contributed by atoms with van der Waals surface area (Å²) in [5.41, 5.74) is 1.08. The van der Waals surface area contributed by atoms with Crippen LogP contribution in [0.2, 0.25) is 5.02 Å². The lowest BCUT2D eigenvalue weighted by atomic mass is 9.80. The zero-order chi connectivity index (χ0) is 14.0. The topological polar surface area (TPSA) is 20.3 Å². The molecule has 1 aliphatic heterocycles. The van der Waals surface area contributed by atoms with Gasteiger partial charge in [-0.05, 0) is 48.6 Å². The fourth-order valence-electron chi connectivity index (χ4n) is 2.61. The number of hydrogen-bond acceptors (Lipinski definition) is 2. The van der Waals surface area contributed by atoms with E-state index in [-0.39, 0.29) is 5.78 Å². The highest BCUT2D eigenvalue weighted by Gasteiger charge is 2.32. The van der Waals surface area contributed by atoms with Crippen LogP contribution in [0.5, 0.6) is 0 Å². The molecule has 3 heteroatoms. The van der Waals surface area contributed by atoms with Gasteiger partial charge in [0, 0.05) is 17.1 Å². The molecule has 0 N–H and O–H groups in total. The minimum absolute atomic E-state index is 0.186. The first-order valence-corrected chi connectivity index (χ1v) is 7.25. The van der Waals surface area contributed by atoms with Crippen LogP contribution >= 0.6 is 11.6 Å². The zero-order valence-electron chi connectivity index (χ0n) is 11.9. The van der Waals surface area contributed by atoms with E-state index in [2.05, 4.69) is 25.7 Å². The second-order valence-electron chi connectivity index (χ2n) is 6.52. The average molecular weight is 280 g/mol. The maximum atomic E-state index is 12.2. The largest absolute Gasteiger partial charge is 0.295 e. The smallest absolute Gasteiger partial charge is 0.176 e. The van der Waals surface area contributed by atoms with Gasteiger partial charge in [-0.2, -0.15) is 0 Å². The summed E-state index contributed by atoms with van der Waals surface area (Å²) in [7, 11) is 0. The van der Waals surface area contributed by atoms with Crippen LogP contribution < -0.4 is 0 Å². The number of likely N-dealkylation sites (tertiary alicyclic amines) is 1. The van der Waals surface area contributed by atoms with Gasteiger partial charge in [-0.1, -0.05) is 32.4 Å². The van der Waals surface area contributed by atoms with E-state index < -0.39 is 0 Å². The molecule has 1 heterocycles. The van der Waals surface area contributed by atoms with E-state index in [1.807, 2.05) is 12.1 Å². The summed E-state index contributed by atoms with van der Waals surface area (Å²) in [5.74, 6) is 0.872. The highest BCUT2D eigenvalue weighted by Crippen LogP contribution is 2.33. The van der Waals surface area contributed by atoms with Gasteiger partial charge in [-0.3, -0.25) is 9.69 Å². The van der Waals surface area contributed by atoms with Crippen LogP contribution in [0.1, 0.15) is 37.6 Å². The fraction of sp³-hybridized carbons (Fsp3) is 0.562. The normalized spacial score (nSPS) is 20.7. The first kappa shape index (κ1) is 14.5. The Kier molecular flexibility index (Phi) is 4.32. The Morgan fingerprint density at radius 3 is 2.47 bits per heavy atom. The van der Waals surface area contributed by atoms with E-state index in [0.717, 1.165) is 18.7 Å². The summed E-state index contributed by atoms with van der Waals surface area (Å²) in [4.78, 5) is 14.5. The van der Waals surface area contributed by atoms with Crippen LogP contribution in [0.15, 0.2) is 24.3 Å². The molecule has 104 valence electrons. The Morgan fingerprint density at radius 1 is 1.32 bits per heavy atom. The Labute approximate surface area is 120 Å². The van der Waals surface area contributed by atoms with Crippen molar-refractivity contribution in [2.75, 3.05) is 19.6 Å². The predicted molar refractivity (Wildman–Crippen MR) is 79.8 cm³/mol. The number of carbonyl (C=O) groups is 1. The number of Topliss-reactive ketones (excluding diaryl/α,β-unsaturated/α-hetero) is 1. The third-order valence-corrected chi connectivity index (χ3v) is 4.28. The number of hydrogen-bond donors (Lipinski definition) is 0. The van der Waals surface area contributed by atoms with E-state index in [1.165, 1.54) is 6.42 Å². The second kappa shape index (κ2) is 5.64. The van der Waals surface area contributed by atoms with E-state index in [4.69, 9.17) is 11.6 Å². The van der Waals surface area contributed by atoms with Crippen LogP contribution in [-0.4, -0.2) is 30.3 Å². The van der Waals surface area contributed by atoms with Crippen molar-refractivity contribution in [1.29, 1.82) is 0 Å². The van der Waals surface area contributed by atoms with Crippen molar-refractivity contribution in [3.63, 3.8) is 0 Å². The van der Waals surface area contributed by atoms with Gasteiger partial charge >= 0.3 is 0 Å². The first-order valence-electron chi connectivity index (χ1n) is 6.87. The van der Waals surface area contributed by atoms with Crippen molar-refractivity contribution >= 4 is 17.4 Å². The highest BCUT2D eigenvalue weighted by molar-refractivity contribution is 6.30. The van der Waals surface area contributed by atoms with Crippen LogP contribution in [0.25, 0.3) is 0 Å². The number of ketones is 1. The summed E-state index contributed by atoms with van der Waals surface area (Å²) in [6, 6.07) is 7.16. The third kappa shape index (κ3) is 3.80. The third-order valence-electron chi connectivity index (χ3n) is 4.03. The van der Waals surface area contributed by atoms with Crippen molar-refractivity contribution in [3.8, 4) is 0 Å². The van der Waals surface area contributed by atoms with Gasteiger partial charge in [-0.15, -0.1) is 0 Å². The van der Waals surface area contributed by atoms with Gasteiger partial charge in [0.2, 0.25) is 0 Å². The van der Waals surface area contributed by atoms with Gasteiger partial charge in [0.25, 0.3) is 0 Å². The molecule has 0 saturated carbocycles. The van der Waals surface area contributed by atoms with Crippen LogP contribution in [-0.2, 0) is 0 Å². The number of benzene rings is 1. The molecule has 1 unspecified atom stereocenters. The molecule has 0 aliphatic carbocycles. The summed E-state index contributed by atoms with van der Waals surface area (Å²) < 4.78 is 0. The highest BCUT2D eigenvalue weighted by atomic mass is 35.5. The van der Waals surface area contributed by atoms with Crippen LogP contribution in [0.3, 0.4) is 0 Å². The average Bonchev–Trinajstić information content (AvgIpc) is 2.78. The molecule has 19 heavy (non-hydrogen) atoms. The number of nitrogens with zero attached hydrogens (tertiary/aromatic N) is 1. The molecular weight excluding hydrogens is 258 g/mol. The van der Waals surface area contributed by atoms with Crippen molar-refractivity contribution in [1.82, 2.24) is 4.90 Å². The minimum atomic E-state index is 0.186. The molecule has 1 saturated heterocycles. The maximum Gasteiger partial charge on any atom is 0.176 e. The monoisotopic (exact) mass is 279 g/mol. The van der Waals surface area contributed by atoms with Crippen LogP contribution in [0, 0.1) is 11.3 Å². The Morgan fingerprint density at radius 2 is 1.95 bits per heavy atom. The molecule has 1 aromatic carbocycles. The SMILES string of the molecule is CC(C)(C)C1CCN(CC(=O)c2ccc(Cl)cc2)C1. The molecule has 2 nitrogen and oxygen atoms in total. The fourth-order valence-corrected chi connectivity index (χ4v) is 2.74. The standard InChI is InChI=1S/C16H22ClNO/c1-16(2,3)13-8-9-18(10-13)11-15(19)12-4-6-14(17)7-5-12/h4-7,13H,8-11H2,1-3H3. The molecule has 2 rings (SSSR count). The van der Waals surface area contributed by atoms with Gasteiger partial charge in [0.05, 0.1) is 6.54 Å². The number of carbonyl (C=O) groups excluding carboxylic acids is 1. The van der Waals surface area contributed by atoms with Crippen molar-refractivity contribution in [2.45, 2.75) is 27.2 Å². The van der Waals surface area contributed by atoms with E-state index >= 15 is 0 Å². The molecule has 0 amide bonds. The van der Waals surface area contributed by atoms with Crippen molar-refractivity contribution in [2.24, 2.45) is 11.3 Å². The quantitative estimate of drug-likeness (QED) is 0.783. The summed E-state index contributed by atoms with van der Waals surface area (Å²) in [6.07, 6.45) is 1.19. The number of rotatable bonds is 3. The second-order valence-corrected chi connectivity index (χ2v) is 6.95. The van der Waals surface area contributed by atoms with Crippen LogP contribution in [0.4, 0.5) is 0 Å². The Hall–Kier alpha value is -0.860. The summed E-state index contributed by atoms with van der Waals surface area (Å²) in [6.45, 7) is 9.42. The molecule has 0 bridgehead atoms. The number of halogens is 1. The lowest BCUT2D eigenvalue weighted by molar-refractivity contribution is 0.0938. The van der Waals surface area contributed by atoms with E-state index in [1.54, 1.807) is 12.1 Å². The zero-order valence-corrected chi connectivity index (χ0v) is 12.7. The summed E-state index contributed by atoms with van der Waals surface area (Å²) >= 11 is 5.83. The van der Waals surface area contributed by atoms with Gasteiger partial charge < -0.3 is 0 Å². The molecule has 0 spiro atoms. The molecule has 0 radical (unpaired) electrons. The maximum absolute atomic E-state index is 12.2. The first-order chi connectivity index (χ1) is 8.86. The van der Waals surface area contributed by atoms with Crippen molar-refractivity contribution in [3.05, 3.63) is 34.9 Å². The Bertz CT molecular complexity index is 447. The molecule has 1 atom stereocenters. The molecular formula is C16H22ClNO. The molecule has 1 aromatic rings. The lowest BCUT2D eigenvalue weighted by Gasteiger charge is -2.27. The molecule has 0 aromatic heterocycles. The summed E-state index contributed by atoms with van der Waals surface area (Å²) in [5, 5.41) is 0.672. The van der Waals surface area contributed by atoms with Gasteiger partial charge in [-0.25, -0.2) is 0 Å². The molecule has 1 aliphatic rings. The van der Waals surface area contributed by atoms with Crippen molar-refractivity contribution < 1.29 is 4.79 Å². The van der Waals surface area contributed by atoms with Gasteiger partial charge in [0.15, 0.2) is 5.78 Å². The van der Waals surface area contributed by atoms with E-state index in [0.29, 0.717) is 22.9 Å².